The highest BCUT2D eigenvalue weighted by Gasteiger charge is 2.50. The van der Waals surface area contributed by atoms with Gasteiger partial charge in [0, 0.05) is 44.9 Å². The lowest BCUT2D eigenvalue weighted by Crippen LogP contribution is -2.75. The fraction of sp³-hybridized carbons (Fsp3) is 0.0377. The van der Waals surface area contributed by atoms with Gasteiger partial charge in [-0.05, 0) is 161 Å². The van der Waals surface area contributed by atoms with Gasteiger partial charge in [0.15, 0.2) is 24.2 Å². The van der Waals surface area contributed by atoms with Gasteiger partial charge in [0.25, 0.3) is 6.71 Å². The van der Waals surface area contributed by atoms with Crippen LogP contribution in [0.25, 0.3) is 38.6 Å². The summed E-state index contributed by atoms with van der Waals surface area (Å²) in [6, 6.07) is 170. The van der Waals surface area contributed by atoms with Gasteiger partial charge in [-0.1, -0.05) is 403 Å². The molecular formula is C106H82BN3Si3. The molecule has 1 aromatic heterocycles. The molecule has 0 N–H and O–H groups in total. The van der Waals surface area contributed by atoms with Crippen molar-refractivity contribution in [1.29, 1.82) is 0 Å². The Morgan fingerprint density at radius 2 is 0.549 bits per heavy atom. The molecule has 0 amide bonds. The molecular weight excluding hydrogens is 1410 g/mol. The maximum atomic E-state index is 2.71. The minimum absolute atomic E-state index is 0.264. The van der Waals surface area contributed by atoms with Crippen LogP contribution in [0, 0.1) is 0 Å². The Morgan fingerprint density at radius 1 is 0.230 bits per heavy atom. The summed E-state index contributed by atoms with van der Waals surface area (Å²) in [7, 11) is -9.37. The zero-order valence-electron chi connectivity index (χ0n) is 63.6. The van der Waals surface area contributed by atoms with E-state index in [4.69, 9.17) is 0 Å². The molecule has 3 nitrogen and oxygen atoms in total. The first-order valence-electron chi connectivity index (χ1n) is 39.6. The predicted octanol–water partition coefficient (Wildman–Crippen LogP) is 16.0. The molecule has 2 aliphatic rings. The molecule has 0 spiro atoms. The van der Waals surface area contributed by atoms with Crippen molar-refractivity contribution >= 4 is 165 Å². The van der Waals surface area contributed by atoms with Gasteiger partial charge in [-0.25, -0.2) is 0 Å². The highest BCUT2D eigenvalue weighted by atomic mass is 28.3. The lowest BCUT2D eigenvalue weighted by atomic mass is 9.32. The average molecular weight is 1490 g/mol. The van der Waals surface area contributed by atoms with Gasteiger partial charge in [-0.2, -0.15) is 0 Å². The molecule has 0 unspecified atom stereocenters. The van der Waals surface area contributed by atoms with Gasteiger partial charge in [0.05, 0.1) is 16.7 Å². The lowest BCUT2D eigenvalue weighted by Gasteiger charge is -2.46. The molecule has 3 heterocycles. The fourth-order valence-electron chi connectivity index (χ4n) is 19.4. The number of nitrogens with zero attached hydrogens (tertiary/aromatic N) is 3. The highest BCUT2D eigenvalue weighted by molar-refractivity contribution is 7.21. The first-order chi connectivity index (χ1) is 55.7. The molecule has 0 aliphatic carbocycles. The highest BCUT2D eigenvalue weighted by Crippen LogP contribution is 2.48. The van der Waals surface area contributed by atoms with Crippen LogP contribution in [-0.2, 0) is 5.41 Å². The van der Waals surface area contributed by atoms with E-state index in [9.17, 15) is 0 Å². The van der Waals surface area contributed by atoms with Crippen LogP contribution in [0.2, 0.25) is 0 Å². The summed E-state index contributed by atoms with van der Waals surface area (Å²) in [5, 5.41) is 18.3. The molecule has 17 aromatic carbocycles. The third kappa shape index (κ3) is 11.2. The van der Waals surface area contributed by atoms with E-state index in [1.54, 1.807) is 0 Å². The monoisotopic (exact) mass is 1490 g/mol. The van der Waals surface area contributed by atoms with Crippen molar-refractivity contribution in [3.63, 3.8) is 0 Å². The zero-order chi connectivity index (χ0) is 75.7. The van der Waals surface area contributed by atoms with Crippen molar-refractivity contribution in [2.45, 2.75) is 26.2 Å². The lowest BCUT2D eigenvalue weighted by molar-refractivity contribution is 0.590. The molecule has 7 heteroatoms. The van der Waals surface area contributed by atoms with Crippen molar-refractivity contribution in [1.82, 2.24) is 4.57 Å². The quantitative estimate of drug-likeness (QED) is 0.0706. The van der Waals surface area contributed by atoms with Gasteiger partial charge in [0.1, 0.15) is 0 Å². The zero-order valence-corrected chi connectivity index (χ0v) is 66.6. The normalized spacial score (nSPS) is 12.7. The van der Waals surface area contributed by atoms with Crippen molar-refractivity contribution in [3.8, 4) is 16.8 Å². The van der Waals surface area contributed by atoms with Crippen LogP contribution in [0.4, 0.5) is 34.1 Å². The van der Waals surface area contributed by atoms with E-state index in [0.29, 0.717) is 0 Å². The largest absolute Gasteiger partial charge is 0.311 e. The van der Waals surface area contributed by atoms with Gasteiger partial charge >= 0.3 is 0 Å². The second-order valence-corrected chi connectivity index (χ2v) is 42.8. The van der Waals surface area contributed by atoms with Crippen LogP contribution < -0.4 is 88.4 Å². The van der Waals surface area contributed by atoms with Gasteiger partial charge < -0.3 is 14.4 Å². The Labute approximate surface area is 666 Å². The molecule has 113 heavy (non-hydrogen) atoms. The number of anilines is 6. The SMILES string of the molecule is CC(C)(C)c1cc(-c2ccccc2)c2c(c1)N(c1ccc([Si](c3ccccc3)(c3ccccc3)c3ccccc3)cc1)c1cc(-n3c4ccccc4c4ccccc43)cc3c1B2c1cc([Si](c2ccccc2)(c2ccccc2)c2ccccc2)ccc1N3c1cccc([Si](c2ccccc2)(c2ccccc2)c2ccccc2)c1. The molecule has 0 bridgehead atoms. The molecule has 20 rings (SSSR count). The second-order valence-electron chi connectivity index (χ2n) is 31.4. The Kier molecular flexibility index (Phi) is 17.3. The van der Waals surface area contributed by atoms with Gasteiger partial charge in [-0.3, -0.25) is 0 Å². The molecule has 0 saturated heterocycles. The predicted molar refractivity (Wildman–Crippen MR) is 490 cm³/mol. The first-order valence-corrected chi connectivity index (χ1v) is 45.6. The molecule has 0 fully saturated rings. The van der Waals surface area contributed by atoms with Gasteiger partial charge in [0.2, 0.25) is 0 Å². The second kappa shape index (κ2) is 28.3. The molecule has 0 radical (unpaired) electrons. The molecule has 18 aromatic rings. The Balaban J connectivity index is 0.954. The summed E-state index contributed by atoms with van der Waals surface area (Å²) in [4.78, 5) is 5.40. The number of fused-ring (bicyclic) bond motifs is 7. The topological polar surface area (TPSA) is 11.4 Å². The van der Waals surface area contributed by atoms with Crippen molar-refractivity contribution in [3.05, 3.63) is 448 Å². The van der Waals surface area contributed by atoms with Crippen molar-refractivity contribution in [2.24, 2.45) is 0 Å². The average Bonchev–Trinajstić information content (AvgIpc) is 1.11. The summed E-state index contributed by atoms with van der Waals surface area (Å²) in [6.07, 6.45) is 0. The molecule has 0 saturated carbocycles. The summed E-state index contributed by atoms with van der Waals surface area (Å²) < 4.78 is 2.55. The number of para-hydroxylation sites is 2. The van der Waals surface area contributed by atoms with Crippen LogP contribution in [0.5, 0.6) is 0 Å². The molecule has 0 atom stereocenters. The first kappa shape index (κ1) is 69.1. The number of aromatic nitrogens is 1. The van der Waals surface area contributed by atoms with Crippen LogP contribution in [0.3, 0.4) is 0 Å². The van der Waals surface area contributed by atoms with Gasteiger partial charge in [-0.15, -0.1) is 0 Å². The number of rotatable bonds is 16. The summed E-state index contributed by atoms with van der Waals surface area (Å²) in [5.41, 5.74) is 17.3. The fourth-order valence-corrected chi connectivity index (χ4v) is 33.8. The third-order valence-corrected chi connectivity index (χ3v) is 38.7. The summed E-state index contributed by atoms with van der Waals surface area (Å²) in [6.45, 7) is 6.85. The maximum Gasteiger partial charge on any atom is 0.252 e. The number of hydrogen-bond acceptors (Lipinski definition) is 2. The Hall–Kier alpha value is -13.1. The van der Waals surface area contributed by atoms with E-state index in [0.717, 1.165) is 45.2 Å². The number of hydrogen-bond donors (Lipinski definition) is 0. The molecule has 2 aliphatic heterocycles. The van der Waals surface area contributed by atoms with Crippen LogP contribution in [-0.4, -0.2) is 35.5 Å². The Bertz CT molecular complexity index is 6170. The van der Waals surface area contributed by atoms with Crippen molar-refractivity contribution in [2.75, 3.05) is 9.80 Å². The standard InChI is InChI=1S/C106H82BN3Si3/c1-106(2,3)78-71-96(77-39-14-4-15-40-77)104-101(72-78)108(79-65-67-91(68-66-79)111(82-42-16-5-17-43-82,83-44-18-6-19-45-83)84-46-20-7-21-47-84)102-74-81(110-98-63-36-34-61-94(98)95-62-35-37-64-99(95)110)75-103-105(102)107(104)97-76-93(113(88-54-28-11-29-55-88,89-56-30-12-31-57-89)90-58-32-13-33-59-90)69-70-100(97)109(103)80-41-38-60-92(73-80)112(85-48-22-8-23-49-85,86-50-24-9-25-51-86)87-52-26-10-27-53-87/h4-76H,1-3H3. The minimum atomic E-state index is -3.22. The van der Waals surface area contributed by atoms with Crippen LogP contribution >= 0.6 is 0 Å². The van der Waals surface area contributed by atoms with E-state index in [-0.39, 0.29) is 12.1 Å². The molecule has 536 valence electrons. The van der Waals surface area contributed by atoms with E-state index in [2.05, 4.69) is 478 Å². The van der Waals surface area contributed by atoms with E-state index in [1.165, 1.54) is 112 Å². The Morgan fingerprint density at radius 3 is 0.947 bits per heavy atom. The summed E-state index contributed by atoms with van der Waals surface area (Å²) in [5.74, 6) is 0. The van der Waals surface area contributed by atoms with Crippen LogP contribution in [0.15, 0.2) is 443 Å². The number of benzene rings is 17. The maximum absolute atomic E-state index is 3.22. The third-order valence-electron chi connectivity index (χ3n) is 24.3. The van der Waals surface area contributed by atoms with Crippen molar-refractivity contribution < 1.29 is 0 Å². The van der Waals surface area contributed by atoms with Crippen LogP contribution in [0.1, 0.15) is 26.3 Å². The van der Waals surface area contributed by atoms with E-state index < -0.39 is 24.2 Å². The van der Waals surface area contributed by atoms with E-state index >= 15 is 0 Å². The summed E-state index contributed by atoms with van der Waals surface area (Å²) >= 11 is 0. The van der Waals surface area contributed by atoms with E-state index in [1.807, 2.05) is 0 Å². The minimum Gasteiger partial charge on any atom is -0.311 e. The smallest absolute Gasteiger partial charge is 0.252 e.